The van der Waals surface area contributed by atoms with Gasteiger partial charge in [-0.3, -0.25) is 4.79 Å². The number of H-pyrrole nitrogens is 1. The summed E-state index contributed by atoms with van der Waals surface area (Å²) >= 11 is 0. The molecule has 1 fully saturated rings. The molecule has 0 atom stereocenters. The summed E-state index contributed by atoms with van der Waals surface area (Å²) in [5.41, 5.74) is 1.92. The molecule has 2 N–H and O–H groups in total. The van der Waals surface area contributed by atoms with E-state index in [1.807, 2.05) is 4.90 Å². The molecule has 132 valence electrons. The molecule has 1 aliphatic heterocycles. The van der Waals surface area contributed by atoms with Crippen LogP contribution in [0.5, 0.6) is 0 Å². The Morgan fingerprint density at radius 3 is 2.52 bits per heavy atom. The lowest BCUT2D eigenvalue weighted by molar-refractivity contribution is 0.0690. The smallest absolute Gasteiger partial charge is 0.352 e. The largest absolute Gasteiger partial charge is 0.477 e. The summed E-state index contributed by atoms with van der Waals surface area (Å²) in [6, 6.07) is 4.11. The van der Waals surface area contributed by atoms with E-state index < -0.39 is 11.8 Å². The summed E-state index contributed by atoms with van der Waals surface area (Å²) in [5, 5.41) is 9.23. The van der Waals surface area contributed by atoms with Crippen molar-refractivity contribution < 1.29 is 23.8 Å². The van der Waals surface area contributed by atoms with Gasteiger partial charge in [0.1, 0.15) is 11.5 Å². The van der Waals surface area contributed by atoms with Gasteiger partial charge in [0.2, 0.25) is 0 Å². The minimum Gasteiger partial charge on any atom is -0.477 e. The van der Waals surface area contributed by atoms with E-state index in [2.05, 4.69) is 4.98 Å². The summed E-state index contributed by atoms with van der Waals surface area (Å²) in [4.78, 5) is 29.1. The second-order valence-corrected chi connectivity index (χ2v) is 6.02. The van der Waals surface area contributed by atoms with E-state index in [0.717, 1.165) is 0 Å². The van der Waals surface area contributed by atoms with Gasteiger partial charge < -0.3 is 19.7 Å². The molecule has 1 aromatic carbocycles. The van der Waals surface area contributed by atoms with Crippen molar-refractivity contribution in [1.82, 2.24) is 4.98 Å². The Morgan fingerprint density at radius 2 is 1.92 bits per heavy atom. The second-order valence-electron chi connectivity index (χ2n) is 6.02. The van der Waals surface area contributed by atoms with Crippen molar-refractivity contribution in [2.45, 2.75) is 13.8 Å². The second kappa shape index (κ2) is 6.68. The summed E-state index contributed by atoms with van der Waals surface area (Å²) in [6.45, 7) is 5.51. The van der Waals surface area contributed by atoms with E-state index >= 15 is 0 Å². The van der Waals surface area contributed by atoms with Gasteiger partial charge in [0.15, 0.2) is 5.78 Å². The highest BCUT2D eigenvalue weighted by Crippen LogP contribution is 2.28. The molecule has 3 rings (SSSR count). The van der Waals surface area contributed by atoms with Gasteiger partial charge in [-0.15, -0.1) is 0 Å². The first-order valence-electron chi connectivity index (χ1n) is 7.99. The first-order valence-corrected chi connectivity index (χ1v) is 7.99. The highest BCUT2D eigenvalue weighted by molar-refractivity contribution is 6.15. The quantitative estimate of drug-likeness (QED) is 0.832. The molecule has 7 heteroatoms. The number of carboxylic acids is 1. The van der Waals surface area contributed by atoms with Crippen molar-refractivity contribution in [3.05, 3.63) is 52.1 Å². The van der Waals surface area contributed by atoms with Crippen molar-refractivity contribution in [3.63, 3.8) is 0 Å². The maximum absolute atomic E-state index is 13.8. The van der Waals surface area contributed by atoms with Crippen LogP contribution in [0.2, 0.25) is 0 Å². The monoisotopic (exact) mass is 346 g/mol. The van der Waals surface area contributed by atoms with Crippen LogP contribution in [0.1, 0.15) is 37.7 Å². The standard InChI is InChI=1S/C18H19FN2O4/c1-10-15(11(2)20-16(10)18(23)24)17(22)13-9-12(19)3-4-14(13)21-5-7-25-8-6-21/h3-4,9,20H,5-8H2,1-2H3,(H,23,24). The van der Waals surface area contributed by atoms with Gasteiger partial charge in [0.05, 0.1) is 13.2 Å². The van der Waals surface area contributed by atoms with Gasteiger partial charge in [0.25, 0.3) is 0 Å². The summed E-state index contributed by atoms with van der Waals surface area (Å²) in [5.74, 6) is -2.03. The lowest BCUT2D eigenvalue weighted by Gasteiger charge is -2.30. The van der Waals surface area contributed by atoms with Crippen molar-refractivity contribution >= 4 is 17.4 Å². The number of carbonyl (C=O) groups is 2. The number of carbonyl (C=O) groups excluding carboxylic acids is 1. The van der Waals surface area contributed by atoms with Crippen LogP contribution in [0.15, 0.2) is 18.2 Å². The van der Waals surface area contributed by atoms with Crippen LogP contribution in [-0.2, 0) is 4.74 Å². The number of anilines is 1. The molecule has 0 spiro atoms. The van der Waals surface area contributed by atoms with E-state index in [0.29, 0.717) is 43.2 Å². The number of hydrogen-bond donors (Lipinski definition) is 2. The molecular weight excluding hydrogens is 327 g/mol. The molecule has 25 heavy (non-hydrogen) atoms. The van der Waals surface area contributed by atoms with Gasteiger partial charge in [-0.1, -0.05) is 0 Å². The van der Waals surface area contributed by atoms with E-state index in [4.69, 9.17) is 4.74 Å². The SMILES string of the molecule is Cc1[nH]c(C(=O)O)c(C)c1C(=O)c1cc(F)ccc1N1CCOCC1. The summed E-state index contributed by atoms with van der Waals surface area (Å²) < 4.78 is 19.2. The predicted molar refractivity (Wildman–Crippen MR) is 90.1 cm³/mol. The number of aromatic carboxylic acids is 1. The van der Waals surface area contributed by atoms with Crippen molar-refractivity contribution in [3.8, 4) is 0 Å². The van der Waals surface area contributed by atoms with Crippen LogP contribution in [0, 0.1) is 19.7 Å². The Labute approximate surface area is 144 Å². The number of rotatable bonds is 4. The number of nitrogens with one attached hydrogen (secondary N) is 1. The molecule has 1 aromatic heterocycles. The number of hydrogen-bond acceptors (Lipinski definition) is 4. The maximum atomic E-state index is 13.8. The van der Waals surface area contributed by atoms with Gasteiger partial charge in [0, 0.05) is 35.6 Å². The van der Waals surface area contributed by atoms with Crippen molar-refractivity contribution in [1.29, 1.82) is 0 Å². The van der Waals surface area contributed by atoms with Crippen LogP contribution >= 0.6 is 0 Å². The number of carboxylic acid groups (broad SMARTS) is 1. The third-order valence-corrected chi connectivity index (χ3v) is 4.43. The fourth-order valence-corrected chi connectivity index (χ4v) is 3.21. The molecule has 2 heterocycles. The zero-order chi connectivity index (χ0) is 18.1. The van der Waals surface area contributed by atoms with Gasteiger partial charge in [-0.05, 0) is 37.6 Å². The van der Waals surface area contributed by atoms with Crippen LogP contribution in [0.4, 0.5) is 10.1 Å². The van der Waals surface area contributed by atoms with E-state index in [-0.39, 0.29) is 22.6 Å². The van der Waals surface area contributed by atoms with Gasteiger partial charge in [-0.2, -0.15) is 0 Å². The number of nitrogens with zero attached hydrogens (tertiary/aromatic N) is 1. The summed E-state index contributed by atoms with van der Waals surface area (Å²) in [7, 11) is 0. The molecular formula is C18H19FN2O4. The van der Waals surface area contributed by atoms with Gasteiger partial charge >= 0.3 is 5.97 Å². The number of benzene rings is 1. The number of morpholine rings is 1. The number of aryl methyl sites for hydroxylation is 1. The van der Waals surface area contributed by atoms with Crippen molar-refractivity contribution in [2.24, 2.45) is 0 Å². The van der Waals surface area contributed by atoms with E-state index in [1.165, 1.54) is 12.1 Å². The lowest BCUT2D eigenvalue weighted by atomic mass is 9.97. The van der Waals surface area contributed by atoms with E-state index in [9.17, 15) is 19.1 Å². The first-order chi connectivity index (χ1) is 11.9. The minimum absolute atomic E-state index is 0.0230. The Morgan fingerprint density at radius 1 is 1.24 bits per heavy atom. The third kappa shape index (κ3) is 3.15. The number of ether oxygens (including phenoxy) is 1. The number of ketones is 1. The summed E-state index contributed by atoms with van der Waals surface area (Å²) in [6.07, 6.45) is 0. The Bertz CT molecular complexity index is 838. The van der Waals surface area contributed by atoms with Crippen LogP contribution in [0.3, 0.4) is 0 Å². The van der Waals surface area contributed by atoms with Crippen LogP contribution < -0.4 is 4.90 Å². The maximum Gasteiger partial charge on any atom is 0.352 e. The zero-order valence-corrected chi connectivity index (χ0v) is 14.1. The topological polar surface area (TPSA) is 82.6 Å². The average Bonchev–Trinajstić information content (AvgIpc) is 2.90. The first kappa shape index (κ1) is 17.2. The van der Waals surface area contributed by atoms with Gasteiger partial charge in [-0.25, -0.2) is 9.18 Å². The predicted octanol–water partition coefficient (Wildman–Crippen LogP) is 2.54. The molecule has 0 unspecified atom stereocenters. The normalized spacial score (nSPS) is 14.6. The average molecular weight is 346 g/mol. The highest BCUT2D eigenvalue weighted by atomic mass is 19.1. The number of halogens is 1. The molecule has 0 aliphatic carbocycles. The molecule has 1 saturated heterocycles. The van der Waals surface area contributed by atoms with Crippen molar-refractivity contribution in [2.75, 3.05) is 31.2 Å². The molecule has 1 aliphatic rings. The fraction of sp³-hybridized carbons (Fsp3) is 0.333. The number of aromatic amines is 1. The number of aromatic nitrogens is 1. The molecule has 6 nitrogen and oxygen atoms in total. The van der Waals surface area contributed by atoms with Crippen LogP contribution in [-0.4, -0.2) is 48.1 Å². The molecule has 2 aromatic rings. The zero-order valence-electron chi connectivity index (χ0n) is 14.1. The fourth-order valence-electron chi connectivity index (χ4n) is 3.21. The van der Waals surface area contributed by atoms with Crippen LogP contribution in [0.25, 0.3) is 0 Å². The molecule has 0 bridgehead atoms. The Kier molecular flexibility index (Phi) is 4.59. The minimum atomic E-state index is -1.13. The lowest BCUT2D eigenvalue weighted by Crippen LogP contribution is -2.37. The van der Waals surface area contributed by atoms with E-state index in [1.54, 1.807) is 19.9 Å². The Balaban J connectivity index is 2.08. The highest BCUT2D eigenvalue weighted by Gasteiger charge is 2.26. The third-order valence-electron chi connectivity index (χ3n) is 4.43. The molecule has 0 radical (unpaired) electrons. The molecule has 0 amide bonds. The molecule has 0 saturated carbocycles. The Hall–Kier alpha value is -2.67.